The highest BCUT2D eigenvalue weighted by Crippen LogP contribution is 2.27. The van der Waals surface area contributed by atoms with Gasteiger partial charge in [0.05, 0.1) is 17.2 Å². The number of benzene rings is 1. The number of rotatable bonds is 3. The van der Waals surface area contributed by atoms with Gasteiger partial charge in [0.15, 0.2) is 0 Å². The molecule has 1 atom stereocenters. The summed E-state index contributed by atoms with van der Waals surface area (Å²) < 4.78 is 0. The van der Waals surface area contributed by atoms with Crippen LogP contribution in [0.2, 0.25) is 0 Å². The zero-order chi connectivity index (χ0) is 14.3. The number of carbonyl (C=O) groups excluding carboxylic acids is 2. The molecule has 2 heterocycles. The standard InChI is InChI=1S/C14H13N3O2S/c1-8(12-15-5-6-20-12)16-9-3-4-10-11(7-9)14(19)17(2)13(10)18/h3-8,16H,1-2H3. The Morgan fingerprint density at radius 1 is 1.25 bits per heavy atom. The molecule has 0 bridgehead atoms. The molecule has 1 unspecified atom stereocenters. The van der Waals surface area contributed by atoms with Crippen LogP contribution in [0.3, 0.4) is 0 Å². The van der Waals surface area contributed by atoms with E-state index in [1.807, 2.05) is 18.4 Å². The van der Waals surface area contributed by atoms with Crippen molar-refractivity contribution < 1.29 is 9.59 Å². The van der Waals surface area contributed by atoms with Crippen molar-refractivity contribution in [3.8, 4) is 0 Å². The molecule has 0 radical (unpaired) electrons. The first-order valence-corrected chi connectivity index (χ1v) is 7.08. The Morgan fingerprint density at radius 2 is 2.00 bits per heavy atom. The van der Waals surface area contributed by atoms with Gasteiger partial charge in [-0.05, 0) is 25.1 Å². The lowest BCUT2D eigenvalue weighted by Gasteiger charge is -2.13. The van der Waals surface area contributed by atoms with Crippen molar-refractivity contribution in [1.29, 1.82) is 0 Å². The van der Waals surface area contributed by atoms with Crippen LogP contribution in [-0.4, -0.2) is 28.7 Å². The van der Waals surface area contributed by atoms with Gasteiger partial charge in [0.2, 0.25) is 0 Å². The average Bonchev–Trinajstić information content (AvgIpc) is 3.04. The van der Waals surface area contributed by atoms with Gasteiger partial charge in [-0.25, -0.2) is 4.98 Å². The molecule has 0 aliphatic carbocycles. The van der Waals surface area contributed by atoms with Gasteiger partial charge in [-0.15, -0.1) is 11.3 Å². The minimum absolute atomic E-state index is 0.0537. The lowest BCUT2D eigenvalue weighted by atomic mass is 10.1. The van der Waals surface area contributed by atoms with Gasteiger partial charge >= 0.3 is 0 Å². The summed E-state index contributed by atoms with van der Waals surface area (Å²) in [6.45, 7) is 2.01. The topological polar surface area (TPSA) is 62.3 Å². The van der Waals surface area contributed by atoms with Crippen molar-refractivity contribution in [2.45, 2.75) is 13.0 Å². The molecular formula is C14H13N3O2S. The van der Waals surface area contributed by atoms with Gasteiger partial charge in [-0.1, -0.05) is 0 Å². The molecule has 3 rings (SSSR count). The summed E-state index contributed by atoms with van der Waals surface area (Å²) in [4.78, 5) is 29.1. The van der Waals surface area contributed by atoms with Gasteiger partial charge in [0, 0.05) is 24.3 Å². The molecular weight excluding hydrogens is 274 g/mol. The second-order valence-corrected chi connectivity index (χ2v) is 5.59. The molecule has 6 heteroatoms. The fourth-order valence-corrected chi connectivity index (χ4v) is 2.86. The zero-order valence-corrected chi connectivity index (χ0v) is 11.9. The number of fused-ring (bicyclic) bond motifs is 1. The monoisotopic (exact) mass is 287 g/mol. The number of thiazole rings is 1. The average molecular weight is 287 g/mol. The van der Waals surface area contributed by atoms with E-state index in [-0.39, 0.29) is 17.9 Å². The number of nitrogens with one attached hydrogen (secondary N) is 1. The maximum Gasteiger partial charge on any atom is 0.261 e. The van der Waals surface area contributed by atoms with E-state index in [4.69, 9.17) is 0 Å². The van der Waals surface area contributed by atoms with Crippen molar-refractivity contribution in [3.05, 3.63) is 45.9 Å². The van der Waals surface area contributed by atoms with Crippen LogP contribution in [0, 0.1) is 0 Å². The van der Waals surface area contributed by atoms with Gasteiger partial charge in [-0.3, -0.25) is 14.5 Å². The van der Waals surface area contributed by atoms with Crippen LogP contribution in [0.25, 0.3) is 0 Å². The Balaban J connectivity index is 1.87. The Hall–Kier alpha value is -2.21. The number of anilines is 1. The summed E-state index contributed by atoms with van der Waals surface area (Å²) in [6, 6.07) is 5.28. The highest BCUT2D eigenvalue weighted by Gasteiger charge is 2.32. The van der Waals surface area contributed by atoms with E-state index in [9.17, 15) is 9.59 Å². The summed E-state index contributed by atoms with van der Waals surface area (Å²) in [6.07, 6.45) is 1.76. The molecule has 1 aromatic heterocycles. The van der Waals surface area contributed by atoms with E-state index in [0.29, 0.717) is 11.1 Å². The smallest absolute Gasteiger partial charge is 0.261 e. The predicted molar refractivity (Wildman–Crippen MR) is 77.0 cm³/mol. The van der Waals surface area contributed by atoms with E-state index >= 15 is 0 Å². The quantitative estimate of drug-likeness (QED) is 0.881. The first-order chi connectivity index (χ1) is 9.58. The van der Waals surface area contributed by atoms with Crippen LogP contribution in [0.1, 0.15) is 38.7 Å². The highest BCUT2D eigenvalue weighted by atomic mass is 32.1. The first-order valence-electron chi connectivity index (χ1n) is 6.20. The summed E-state index contributed by atoms with van der Waals surface area (Å²) >= 11 is 1.57. The number of nitrogens with zero attached hydrogens (tertiary/aromatic N) is 2. The van der Waals surface area contributed by atoms with Crippen molar-refractivity contribution in [1.82, 2.24) is 9.88 Å². The third-order valence-electron chi connectivity index (χ3n) is 3.29. The Morgan fingerprint density at radius 3 is 2.70 bits per heavy atom. The number of hydrogen-bond acceptors (Lipinski definition) is 5. The molecule has 0 saturated heterocycles. The van der Waals surface area contributed by atoms with Crippen LogP contribution < -0.4 is 5.32 Å². The summed E-state index contributed by atoms with van der Waals surface area (Å²) in [5.74, 6) is -0.500. The van der Waals surface area contributed by atoms with Gasteiger partial charge < -0.3 is 5.32 Å². The molecule has 2 amide bonds. The first kappa shape index (κ1) is 12.8. The maximum absolute atomic E-state index is 11.9. The minimum atomic E-state index is -0.254. The molecule has 102 valence electrons. The number of aromatic nitrogens is 1. The number of amides is 2. The molecule has 1 aliphatic heterocycles. The molecule has 0 fully saturated rings. The summed E-state index contributed by atoms with van der Waals surface area (Å²) in [5.41, 5.74) is 1.72. The summed E-state index contributed by atoms with van der Waals surface area (Å²) in [7, 11) is 1.50. The fraction of sp³-hybridized carbons (Fsp3) is 0.214. The second-order valence-electron chi connectivity index (χ2n) is 4.67. The van der Waals surface area contributed by atoms with Crippen molar-refractivity contribution in [3.63, 3.8) is 0 Å². The van der Waals surface area contributed by atoms with Crippen molar-refractivity contribution in [2.24, 2.45) is 0 Å². The largest absolute Gasteiger partial charge is 0.376 e. The van der Waals surface area contributed by atoms with E-state index in [1.54, 1.807) is 29.7 Å². The lowest BCUT2D eigenvalue weighted by molar-refractivity contribution is 0.0693. The van der Waals surface area contributed by atoms with E-state index in [0.717, 1.165) is 15.6 Å². The van der Waals surface area contributed by atoms with E-state index < -0.39 is 0 Å². The predicted octanol–water partition coefficient (Wildman–Crippen LogP) is 2.54. The van der Waals surface area contributed by atoms with Gasteiger partial charge in [-0.2, -0.15) is 0 Å². The molecule has 1 aromatic carbocycles. The van der Waals surface area contributed by atoms with Crippen LogP contribution in [-0.2, 0) is 0 Å². The van der Waals surface area contributed by atoms with E-state index in [2.05, 4.69) is 10.3 Å². The maximum atomic E-state index is 11.9. The summed E-state index contributed by atoms with van der Waals surface area (Å²) in [5, 5.41) is 6.19. The second kappa shape index (κ2) is 4.72. The van der Waals surface area contributed by atoms with Crippen molar-refractivity contribution >= 4 is 28.8 Å². The lowest BCUT2D eigenvalue weighted by Crippen LogP contribution is -2.24. The minimum Gasteiger partial charge on any atom is -0.376 e. The molecule has 20 heavy (non-hydrogen) atoms. The van der Waals surface area contributed by atoms with Crippen LogP contribution in [0.15, 0.2) is 29.8 Å². The fourth-order valence-electron chi connectivity index (χ4n) is 2.21. The van der Waals surface area contributed by atoms with E-state index in [1.165, 1.54) is 7.05 Å². The number of imide groups is 1. The molecule has 0 spiro atoms. The third-order valence-corrected chi connectivity index (χ3v) is 4.25. The van der Waals surface area contributed by atoms with Gasteiger partial charge in [0.25, 0.3) is 11.8 Å². The molecule has 1 N–H and O–H groups in total. The molecule has 5 nitrogen and oxygen atoms in total. The zero-order valence-electron chi connectivity index (χ0n) is 11.1. The molecule has 0 saturated carbocycles. The molecule has 2 aromatic rings. The molecule has 1 aliphatic rings. The number of carbonyl (C=O) groups is 2. The Bertz CT molecular complexity index is 682. The van der Waals surface area contributed by atoms with Crippen LogP contribution in [0.5, 0.6) is 0 Å². The van der Waals surface area contributed by atoms with Crippen LogP contribution >= 0.6 is 11.3 Å². The third kappa shape index (κ3) is 1.98. The Kier molecular flexibility index (Phi) is 3.02. The van der Waals surface area contributed by atoms with Gasteiger partial charge in [0.1, 0.15) is 5.01 Å². The highest BCUT2D eigenvalue weighted by molar-refractivity contribution is 7.09. The van der Waals surface area contributed by atoms with Crippen LogP contribution in [0.4, 0.5) is 5.69 Å². The number of hydrogen-bond donors (Lipinski definition) is 1. The van der Waals surface area contributed by atoms with Crippen molar-refractivity contribution in [2.75, 3.05) is 12.4 Å². The Labute approximate surface area is 120 Å². The SMILES string of the molecule is CC(Nc1ccc2c(c1)C(=O)N(C)C2=O)c1nccs1. The normalized spacial score (nSPS) is 15.4.